The highest BCUT2D eigenvalue weighted by Crippen LogP contribution is 2.32. The van der Waals surface area contributed by atoms with Crippen LogP contribution in [0.5, 0.6) is 5.75 Å². The third-order valence-electron chi connectivity index (χ3n) is 4.38. The number of nitrogens with zero attached hydrogens (tertiary/aromatic N) is 2. The monoisotopic (exact) mass is 372 g/mol. The van der Waals surface area contributed by atoms with E-state index in [4.69, 9.17) is 16.3 Å². The molecule has 1 atom stereocenters. The molecule has 0 aliphatic carbocycles. The number of aliphatic hydroxyl groups excluding tert-OH is 1. The third kappa shape index (κ3) is 3.59. The first-order chi connectivity index (χ1) is 12.4. The van der Waals surface area contributed by atoms with Gasteiger partial charge in [-0.1, -0.05) is 41.9 Å². The van der Waals surface area contributed by atoms with Crippen molar-refractivity contribution in [3.05, 3.63) is 58.4 Å². The van der Waals surface area contributed by atoms with E-state index in [2.05, 4.69) is 5.10 Å². The molecule has 0 saturated heterocycles. The summed E-state index contributed by atoms with van der Waals surface area (Å²) in [7, 11) is 0. The fourth-order valence-electron chi connectivity index (χ4n) is 3.15. The van der Waals surface area contributed by atoms with Crippen molar-refractivity contribution in [1.82, 2.24) is 9.78 Å². The normalized spacial score (nSPS) is 12.3. The second kappa shape index (κ2) is 7.48. The molecule has 2 aromatic carbocycles. The minimum absolute atomic E-state index is 0.0278. The van der Waals surface area contributed by atoms with Gasteiger partial charge in [-0.05, 0) is 32.2 Å². The van der Waals surface area contributed by atoms with Crippen LogP contribution in [0.15, 0.2) is 36.4 Å². The van der Waals surface area contributed by atoms with Crippen molar-refractivity contribution in [1.29, 1.82) is 0 Å². The van der Waals surface area contributed by atoms with Gasteiger partial charge in [-0.2, -0.15) is 5.10 Å². The Labute approximate surface area is 157 Å². The SMILES string of the molecule is CC(=O)c1c(C)nn(C[C@H](O)COc2ccc3ccccc3c2Cl)c1C. The highest BCUT2D eigenvalue weighted by Gasteiger charge is 2.18. The largest absolute Gasteiger partial charge is 0.489 e. The topological polar surface area (TPSA) is 64.4 Å². The van der Waals surface area contributed by atoms with Crippen LogP contribution in [-0.2, 0) is 6.54 Å². The maximum absolute atomic E-state index is 11.7. The summed E-state index contributed by atoms with van der Waals surface area (Å²) in [6, 6.07) is 11.5. The van der Waals surface area contributed by atoms with Gasteiger partial charge in [-0.25, -0.2) is 0 Å². The van der Waals surface area contributed by atoms with Crippen molar-refractivity contribution < 1.29 is 14.6 Å². The Morgan fingerprint density at radius 1 is 1.27 bits per heavy atom. The molecule has 5 nitrogen and oxygen atoms in total. The second-order valence-corrected chi connectivity index (χ2v) is 6.73. The van der Waals surface area contributed by atoms with Gasteiger partial charge < -0.3 is 9.84 Å². The van der Waals surface area contributed by atoms with E-state index in [-0.39, 0.29) is 18.9 Å². The van der Waals surface area contributed by atoms with Gasteiger partial charge in [0.1, 0.15) is 18.5 Å². The molecule has 136 valence electrons. The molecule has 3 rings (SSSR count). The lowest BCUT2D eigenvalue weighted by molar-refractivity contribution is 0.0886. The van der Waals surface area contributed by atoms with Crippen LogP contribution in [0.2, 0.25) is 5.02 Å². The summed E-state index contributed by atoms with van der Waals surface area (Å²) in [4.78, 5) is 11.7. The fourth-order valence-corrected chi connectivity index (χ4v) is 3.44. The molecule has 0 aliphatic rings. The Hall–Kier alpha value is -2.37. The van der Waals surface area contributed by atoms with E-state index in [1.807, 2.05) is 37.3 Å². The molecule has 3 aromatic rings. The average Bonchev–Trinajstić information content (AvgIpc) is 2.88. The number of aryl methyl sites for hydroxylation is 1. The van der Waals surface area contributed by atoms with Crippen LogP contribution >= 0.6 is 11.6 Å². The first-order valence-electron chi connectivity index (χ1n) is 8.41. The maximum Gasteiger partial charge on any atom is 0.163 e. The number of ketones is 1. The summed E-state index contributed by atoms with van der Waals surface area (Å²) >= 11 is 6.41. The van der Waals surface area contributed by atoms with Crippen molar-refractivity contribution >= 4 is 28.2 Å². The summed E-state index contributed by atoms with van der Waals surface area (Å²) in [5, 5.41) is 17.1. The molecule has 1 N–H and O–H groups in total. The van der Waals surface area contributed by atoms with Gasteiger partial charge in [0.25, 0.3) is 0 Å². The van der Waals surface area contributed by atoms with Gasteiger partial charge in [0.15, 0.2) is 5.78 Å². The molecule has 1 aromatic heterocycles. The Morgan fingerprint density at radius 2 is 2.00 bits per heavy atom. The molecule has 6 heteroatoms. The van der Waals surface area contributed by atoms with Gasteiger partial charge in [0.2, 0.25) is 0 Å². The molecular formula is C20H21ClN2O3. The second-order valence-electron chi connectivity index (χ2n) is 6.35. The van der Waals surface area contributed by atoms with Crippen LogP contribution in [0.25, 0.3) is 10.8 Å². The van der Waals surface area contributed by atoms with Crippen molar-refractivity contribution in [3.63, 3.8) is 0 Å². The molecule has 0 aliphatic heterocycles. The van der Waals surface area contributed by atoms with Gasteiger partial charge >= 0.3 is 0 Å². The van der Waals surface area contributed by atoms with Crippen LogP contribution in [0.3, 0.4) is 0 Å². The molecule has 26 heavy (non-hydrogen) atoms. The lowest BCUT2D eigenvalue weighted by Gasteiger charge is -2.15. The Morgan fingerprint density at radius 3 is 2.69 bits per heavy atom. The first kappa shape index (κ1) is 18.4. The number of rotatable bonds is 6. The number of hydrogen-bond donors (Lipinski definition) is 1. The van der Waals surface area contributed by atoms with Gasteiger partial charge in [-0.3, -0.25) is 9.48 Å². The van der Waals surface area contributed by atoms with Crippen molar-refractivity contribution in [3.8, 4) is 5.75 Å². The van der Waals surface area contributed by atoms with Crippen molar-refractivity contribution in [2.75, 3.05) is 6.61 Å². The molecule has 0 fully saturated rings. The fraction of sp³-hybridized carbons (Fsp3) is 0.300. The quantitative estimate of drug-likeness (QED) is 0.665. The van der Waals surface area contributed by atoms with Gasteiger partial charge in [0.05, 0.1) is 22.8 Å². The Kier molecular flexibility index (Phi) is 5.30. The molecule has 0 spiro atoms. The van der Waals surface area contributed by atoms with E-state index in [1.54, 1.807) is 17.7 Å². The number of Topliss-reactive ketones (excluding diaryl/α,β-unsaturated/α-hetero) is 1. The summed E-state index contributed by atoms with van der Waals surface area (Å²) in [5.41, 5.74) is 2.02. The summed E-state index contributed by atoms with van der Waals surface area (Å²) in [6.45, 7) is 5.45. The van der Waals surface area contributed by atoms with Crippen molar-refractivity contribution in [2.45, 2.75) is 33.4 Å². The van der Waals surface area contributed by atoms with E-state index in [9.17, 15) is 9.90 Å². The van der Waals surface area contributed by atoms with Crippen LogP contribution in [0, 0.1) is 13.8 Å². The lowest BCUT2D eigenvalue weighted by Crippen LogP contribution is -2.25. The standard InChI is InChI=1S/C20H21ClN2O3/c1-12-19(14(3)24)13(2)23(22-12)10-16(25)11-26-18-9-8-15-6-4-5-7-17(15)20(18)21/h4-9,16,25H,10-11H2,1-3H3/t16-/m0/s1. The number of aromatic nitrogens is 2. The number of aliphatic hydroxyl groups is 1. The number of benzene rings is 2. The maximum atomic E-state index is 11.7. The van der Waals surface area contributed by atoms with E-state index < -0.39 is 6.10 Å². The number of halogens is 1. The zero-order valence-electron chi connectivity index (χ0n) is 15.0. The number of carbonyl (C=O) groups excluding carboxylic acids is 1. The summed E-state index contributed by atoms with van der Waals surface area (Å²) < 4.78 is 7.35. The predicted octanol–water partition coefficient (Wildman–Crippen LogP) is 3.95. The number of hydrogen-bond acceptors (Lipinski definition) is 4. The van der Waals surface area contributed by atoms with Crippen LogP contribution < -0.4 is 4.74 Å². The number of fused-ring (bicyclic) bond motifs is 1. The van der Waals surface area contributed by atoms with Crippen LogP contribution in [-0.4, -0.2) is 33.4 Å². The van der Waals surface area contributed by atoms with Gasteiger partial charge in [0, 0.05) is 11.1 Å². The first-order valence-corrected chi connectivity index (χ1v) is 8.79. The molecular weight excluding hydrogens is 352 g/mol. The third-order valence-corrected chi connectivity index (χ3v) is 4.77. The lowest BCUT2D eigenvalue weighted by atomic mass is 10.1. The zero-order valence-corrected chi connectivity index (χ0v) is 15.7. The van der Waals surface area contributed by atoms with Crippen LogP contribution in [0.1, 0.15) is 28.7 Å². The summed E-state index contributed by atoms with van der Waals surface area (Å²) in [6.07, 6.45) is -0.782. The molecule has 1 heterocycles. The average molecular weight is 373 g/mol. The Bertz CT molecular complexity index is 965. The predicted molar refractivity (Wildman–Crippen MR) is 102 cm³/mol. The Balaban J connectivity index is 1.70. The molecule has 0 unspecified atom stereocenters. The summed E-state index contributed by atoms with van der Waals surface area (Å²) in [5.74, 6) is 0.502. The van der Waals surface area contributed by atoms with E-state index in [0.717, 1.165) is 16.5 Å². The zero-order chi connectivity index (χ0) is 18.8. The minimum Gasteiger partial charge on any atom is -0.489 e. The number of carbonyl (C=O) groups is 1. The van der Waals surface area contributed by atoms with E-state index in [0.29, 0.717) is 22.0 Å². The molecule has 0 saturated carbocycles. The van der Waals surface area contributed by atoms with Crippen LogP contribution in [0.4, 0.5) is 0 Å². The number of ether oxygens (including phenoxy) is 1. The highest BCUT2D eigenvalue weighted by atomic mass is 35.5. The van der Waals surface area contributed by atoms with Crippen molar-refractivity contribution in [2.24, 2.45) is 0 Å². The smallest absolute Gasteiger partial charge is 0.163 e. The van der Waals surface area contributed by atoms with E-state index in [1.165, 1.54) is 6.92 Å². The molecule has 0 amide bonds. The van der Waals surface area contributed by atoms with E-state index >= 15 is 0 Å². The van der Waals surface area contributed by atoms with Gasteiger partial charge in [-0.15, -0.1) is 0 Å². The minimum atomic E-state index is -0.782. The highest BCUT2D eigenvalue weighted by molar-refractivity contribution is 6.37. The molecule has 0 radical (unpaired) electrons. The molecule has 0 bridgehead atoms.